The van der Waals surface area contributed by atoms with E-state index in [1.165, 1.54) is 24.1 Å². The minimum atomic E-state index is -0.847. The zero-order valence-electron chi connectivity index (χ0n) is 18.0. The van der Waals surface area contributed by atoms with Gasteiger partial charge in [-0.25, -0.2) is 4.39 Å². The molecule has 168 valence electrons. The molecule has 5 nitrogen and oxygen atoms in total. The third kappa shape index (κ3) is 4.22. The minimum Gasteiger partial charge on any atom is -0.507 e. The molecule has 0 saturated carbocycles. The van der Waals surface area contributed by atoms with Crippen molar-refractivity contribution < 1.29 is 23.8 Å². The molecule has 1 saturated heterocycles. The van der Waals surface area contributed by atoms with Crippen molar-refractivity contribution in [3.05, 3.63) is 105 Å². The maximum atomic E-state index is 13.4. The van der Waals surface area contributed by atoms with Gasteiger partial charge in [0.25, 0.3) is 11.7 Å². The molecule has 1 N–H and O–H groups in total. The van der Waals surface area contributed by atoms with Gasteiger partial charge < -0.3 is 14.7 Å². The number of amides is 1. The fraction of sp³-hybridized carbons (Fsp3) is 0.154. The SMILES string of the molecule is COc1c(Cl)cc(C)cc1/C(O)=C1\C(=O)C(=O)N(Cc2ccc(F)cc2)C1c1ccccc1. The lowest BCUT2D eigenvalue weighted by Crippen LogP contribution is -2.29. The van der Waals surface area contributed by atoms with Gasteiger partial charge in [-0.1, -0.05) is 54.1 Å². The molecule has 7 heteroatoms. The highest BCUT2D eigenvalue weighted by atomic mass is 35.5. The van der Waals surface area contributed by atoms with Crippen molar-refractivity contribution in [1.29, 1.82) is 0 Å². The summed E-state index contributed by atoms with van der Waals surface area (Å²) in [6, 6.07) is 17.1. The van der Waals surface area contributed by atoms with Crippen LogP contribution in [0.5, 0.6) is 5.75 Å². The van der Waals surface area contributed by atoms with E-state index >= 15 is 0 Å². The summed E-state index contributed by atoms with van der Waals surface area (Å²) in [5, 5.41) is 11.6. The third-order valence-corrected chi connectivity index (χ3v) is 5.85. The number of carbonyl (C=O) groups is 2. The molecule has 1 aliphatic heterocycles. The van der Waals surface area contributed by atoms with Crippen LogP contribution in [0.4, 0.5) is 4.39 Å². The second-order valence-corrected chi connectivity index (χ2v) is 8.20. The molecule has 0 aliphatic carbocycles. The van der Waals surface area contributed by atoms with Crippen LogP contribution in [0.15, 0.2) is 72.3 Å². The van der Waals surface area contributed by atoms with E-state index in [-0.39, 0.29) is 34.2 Å². The topological polar surface area (TPSA) is 66.8 Å². The van der Waals surface area contributed by atoms with E-state index in [0.29, 0.717) is 11.1 Å². The standard InChI is InChI=1S/C26H21ClFNO4/c1-15-12-19(25(33-2)20(27)13-15)23(30)21-22(17-6-4-3-5-7-17)29(26(32)24(21)31)14-16-8-10-18(28)11-9-16/h3-13,22,30H,14H2,1-2H3/b23-21+. The van der Waals surface area contributed by atoms with Crippen molar-refractivity contribution in [2.75, 3.05) is 7.11 Å². The Labute approximate surface area is 195 Å². The van der Waals surface area contributed by atoms with Crippen LogP contribution < -0.4 is 4.74 Å². The predicted molar refractivity (Wildman–Crippen MR) is 123 cm³/mol. The highest BCUT2D eigenvalue weighted by Gasteiger charge is 2.46. The van der Waals surface area contributed by atoms with E-state index in [2.05, 4.69) is 0 Å². The molecule has 0 aromatic heterocycles. The number of benzene rings is 3. The number of Topliss-reactive ketones (excluding diaryl/α,β-unsaturated/α-hetero) is 1. The molecule has 1 amide bonds. The zero-order valence-corrected chi connectivity index (χ0v) is 18.8. The van der Waals surface area contributed by atoms with Crippen LogP contribution in [-0.4, -0.2) is 28.8 Å². The number of methoxy groups -OCH3 is 1. The van der Waals surface area contributed by atoms with Crippen LogP contribution in [0.3, 0.4) is 0 Å². The van der Waals surface area contributed by atoms with Gasteiger partial charge in [-0.15, -0.1) is 0 Å². The van der Waals surface area contributed by atoms with Gasteiger partial charge in [-0.05, 0) is 47.9 Å². The lowest BCUT2D eigenvalue weighted by molar-refractivity contribution is -0.140. The summed E-state index contributed by atoms with van der Waals surface area (Å²) < 4.78 is 18.8. The smallest absolute Gasteiger partial charge is 0.295 e. The lowest BCUT2D eigenvalue weighted by Gasteiger charge is -2.25. The monoisotopic (exact) mass is 465 g/mol. The highest BCUT2D eigenvalue weighted by Crippen LogP contribution is 2.43. The van der Waals surface area contributed by atoms with E-state index in [4.69, 9.17) is 16.3 Å². The van der Waals surface area contributed by atoms with Crippen molar-refractivity contribution in [2.24, 2.45) is 0 Å². The molecule has 33 heavy (non-hydrogen) atoms. The van der Waals surface area contributed by atoms with E-state index in [0.717, 1.165) is 5.56 Å². The number of hydrogen-bond donors (Lipinski definition) is 1. The Hall–Kier alpha value is -3.64. The van der Waals surface area contributed by atoms with Crippen molar-refractivity contribution in [3.8, 4) is 5.75 Å². The van der Waals surface area contributed by atoms with E-state index in [9.17, 15) is 19.1 Å². The zero-order chi connectivity index (χ0) is 23.7. The molecule has 0 radical (unpaired) electrons. The first-order chi connectivity index (χ1) is 15.8. The van der Waals surface area contributed by atoms with Crippen LogP contribution in [0.1, 0.15) is 28.3 Å². The maximum Gasteiger partial charge on any atom is 0.295 e. The Bertz CT molecular complexity index is 1260. The van der Waals surface area contributed by atoms with Gasteiger partial charge in [0.15, 0.2) is 0 Å². The number of aliphatic hydroxyl groups is 1. The molecule has 1 unspecified atom stereocenters. The Kier molecular flexibility index (Phi) is 6.20. The molecule has 3 aromatic carbocycles. The van der Waals surface area contributed by atoms with Crippen molar-refractivity contribution >= 4 is 29.1 Å². The van der Waals surface area contributed by atoms with Crippen LogP contribution in [0.25, 0.3) is 5.76 Å². The molecule has 1 fully saturated rings. The maximum absolute atomic E-state index is 13.4. The first-order valence-corrected chi connectivity index (χ1v) is 10.6. The van der Waals surface area contributed by atoms with E-state index < -0.39 is 23.5 Å². The summed E-state index contributed by atoms with van der Waals surface area (Å²) >= 11 is 6.30. The highest BCUT2D eigenvalue weighted by molar-refractivity contribution is 6.46. The van der Waals surface area contributed by atoms with Crippen molar-refractivity contribution in [2.45, 2.75) is 19.5 Å². The van der Waals surface area contributed by atoms with Gasteiger partial charge in [-0.3, -0.25) is 9.59 Å². The lowest BCUT2D eigenvalue weighted by atomic mass is 9.94. The predicted octanol–water partition coefficient (Wildman–Crippen LogP) is 5.42. The van der Waals surface area contributed by atoms with E-state index in [1.54, 1.807) is 55.5 Å². The van der Waals surface area contributed by atoms with Crippen LogP contribution in [-0.2, 0) is 16.1 Å². The largest absolute Gasteiger partial charge is 0.507 e. The van der Waals surface area contributed by atoms with Gasteiger partial charge in [0.2, 0.25) is 0 Å². The number of carbonyl (C=O) groups excluding carboxylic acids is 2. The Morgan fingerprint density at radius 2 is 1.76 bits per heavy atom. The quantitative estimate of drug-likeness (QED) is 0.310. The number of ether oxygens (including phenoxy) is 1. The fourth-order valence-corrected chi connectivity index (χ4v) is 4.42. The van der Waals surface area contributed by atoms with Crippen molar-refractivity contribution in [3.63, 3.8) is 0 Å². The van der Waals surface area contributed by atoms with Gasteiger partial charge in [0.1, 0.15) is 17.3 Å². The number of likely N-dealkylation sites (tertiary alicyclic amines) is 1. The van der Waals surface area contributed by atoms with Gasteiger partial charge in [0.05, 0.1) is 29.3 Å². The first kappa shape index (κ1) is 22.6. The first-order valence-electron chi connectivity index (χ1n) is 10.2. The molecule has 1 aliphatic rings. The molecule has 4 rings (SSSR count). The molecular weight excluding hydrogens is 445 g/mol. The normalized spacial score (nSPS) is 17.5. The number of aliphatic hydroxyl groups excluding tert-OH is 1. The summed E-state index contributed by atoms with van der Waals surface area (Å²) in [5.74, 6) is -2.14. The molecular formula is C26H21ClFNO4. The second-order valence-electron chi connectivity index (χ2n) is 7.79. The molecule has 1 heterocycles. The van der Waals surface area contributed by atoms with Crippen LogP contribution in [0, 0.1) is 12.7 Å². The molecule has 0 spiro atoms. The fourth-order valence-electron chi connectivity index (χ4n) is 4.07. The Morgan fingerprint density at radius 1 is 1.09 bits per heavy atom. The molecule has 1 atom stereocenters. The van der Waals surface area contributed by atoms with Crippen LogP contribution in [0.2, 0.25) is 5.02 Å². The Morgan fingerprint density at radius 3 is 2.39 bits per heavy atom. The number of rotatable bonds is 5. The van der Waals surface area contributed by atoms with Crippen molar-refractivity contribution in [1.82, 2.24) is 4.90 Å². The molecule has 3 aromatic rings. The number of ketones is 1. The average molecular weight is 466 g/mol. The summed E-state index contributed by atoms with van der Waals surface area (Å²) in [5.41, 5.74) is 2.21. The minimum absolute atomic E-state index is 0.0618. The third-order valence-electron chi connectivity index (χ3n) is 5.57. The summed E-state index contributed by atoms with van der Waals surface area (Å²) in [7, 11) is 1.41. The molecule has 0 bridgehead atoms. The number of halogens is 2. The summed E-state index contributed by atoms with van der Waals surface area (Å²) in [4.78, 5) is 27.7. The van der Waals surface area contributed by atoms with Gasteiger partial charge in [0, 0.05) is 6.54 Å². The second kappa shape index (κ2) is 9.08. The van der Waals surface area contributed by atoms with Crippen LogP contribution >= 0.6 is 11.6 Å². The number of aryl methyl sites for hydroxylation is 1. The van der Waals surface area contributed by atoms with E-state index in [1.807, 2.05) is 6.07 Å². The Balaban J connectivity index is 1.90. The summed E-state index contributed by atoms with van der Waals surface area (Å²) in [6.07, 6.45) is 0. The van der Waals surface area contributed by atoms with Gasteiger partial charge >= 0.3 is 0 Å². The number of nitrogens with zero attached hydrogens (tertiary/aromatic N) is 1. The summed E-state index contributed by atoms with van der Waals surface area (Å²) in [6.45, 7) is 1.86. The van der Waals surface area contributed by atoms with Gasteiger partial charge in [-0.2, -0.15) is 0 Å². The number of hydrogen-bond acceptors (Lipinski definition) is 4. The average Bonchev–Trinajstić information content (AvgIpc) is 3.05.